The van der Waals surface area contributed by atoms with Crippen LogP contribution in [0.25, 0.3) is 10.9 Å². The highest BCUT2D eigenvalue weighted by atomic mass is 31.2. The van der Waals surface area contributed by atoms with Crippen molar-refractivity contribution in [2.24, 2.45) is 0 Å². The summed E-state index contributed by atoms with van der Waals surface area (Å²) in [5.41, 5.74) is -4.02. The van der Waals surface area contributed by atoms with Gasteiger partial charge in [-0.15, -0.1) is 0 Å². The molecular weight excluding hydrogens is 299 g/mol. The Morgan fingerprint density at radius 2 is 1.71 bits per heavy atom. The number of alkyl halides is 2. The van der Waals surface area contributed by atoms with Crippen molar-refractivity contribution >= 4 is 18.5 Å². The van der Waals surface area contributed by atoms with Crippen molar-refractivity contribution in [3.8, 4) is 0 Å². The fourth-order valence-corrected chi connectivity index (χ4v) is 3.40. The van der Waals surface area contributed by atoms with Crippen LogP contribution in [0.2, 0.25) is 0 Å². The number of hydrogen-bond donors (Lipinski definition) is 0. The van der Waals surface area contributed by atoms with Crippen molar-refractivity contribution in [1.29, 1.82) is 0 Å². The number of benzene rings is 1. The van der Waals surface area contributed by atoms with E-state index >= 15 is 0 Å². The lowest BCUT2D eigenvalue weighted by Gasteiger charge is -2.25. The minimum atomic E-state index is -4.62. The molecule has 0 fully saturated rings. The molecule has 0 N–H and O–H groups in total. The number of nitrogens with zero attached hydrogens (tertiary/aromatic N) is 1. The molecule has 4 nitrogen and oxygen atoms in total. The molecule has 1 aromatic heterocycles. The standard InChI is InChI=1S/C14H16F2NO3P/c1-3-19-21(18,20-4-2)14(15,16)13-10-9-11-7-5-6-8-12(11)17-13/h5-10H,3-4H2,1-2H3. The molecule has 2 aromatic rings. The van der Waals surface area contributed by atoms with Gasteiger partial charge in [-0.1, -0.05) is 24.3 Å². The third-order valence-corrected chi connectivity index (χ3v) is 4.96. The first-order valence-corrected chi connectivity index (χ1v) is 8.12. The summed E-state index contributed by atoms with van der Waals surface area (Å²) in [5, 5.41) is 0.722. The Bertz CT molecular complexity index is 668. The Kier molecular flexibility index (Phi) is 4.71. The zero-order valence-electron chi connectivity index (χ0n) is 11.8. The van der Waals surface area contributed by atoms with E-state index in [1.807, 2.05) is 0 Å². The van der Waals surface area contributed by atoms with E-state index in [9.17, 15) is 13.3 Å². The van der Waals surface area contributed by atoms with Crippen LogP contribution in [-0.4, -0.2) is 18.2 Å². The Balaban J connectivity index is 2.50. The van der Waals surface area contributed by atoms with Crippen molar-refractivity contribution in [3.63, 3.8) is 0 Å². The van der Waals surface area contributed by atoms with Crippen molar-refractivity contribution in [2.75, 3.05) is 13.2 Å². The van der Waals surface area contributed by atoms with Crippen molar-refractivity contribution in [3.05, 3.63) is 42.1 Å². The number of para-hydroxylation sites is 1. The van der Waals surface area contributed by atoms with Crippen LogP contribution in [0.4, 0.5) is 8.78 Å². The lowest BCUT2D eigenvalue weighted by atomic mass is 10.2. The molecule has 21 heavy (non-hydrogen) atoms. The molecule has 0 radical (unpaired) electrons. The van der Waals surface area contributed by atoms with Gasteiger partial charge in [0.15, 0.2) is 0 Å². The smallest absolute Gasteiger partial charge is 0.304 e. The third kappa shape index (κ3) is 2.98. The minimum absolute atomic E-state index is 0.138. The van der Waals surface area contributed by atoms with Crippen LogP contribution in [-0.2, 0) is 19.3 Å². The largest absolute Gasteiger partial charge is 0.406 e. The van der Waals surface area contributed by atoms with Crippen LogP contribution < -0.4 is 0 Å². The Morgan fingerprint density at radius 1 is 1.10 bits per heavy atom. The second kappa shape index (κ2) is 6.18. The van der Waals surface area contributed by atoms with Gasteiger partial charge < -0.3 is 9.05 Å². The summed E-state index contributed by atoms with van der Waals surface area (Å²) in [6, 6.07) is 9.51. The van der Waals surface area contributed by atoms with Crippen LogP contribution in [0, 0.1) is 0 Å². The summed E-state index contributed by atoms with van der Waals surface area (Å²) in [4.78, 5) is 3.90. The molecular formula is C14H16F2NO3P. The predicted molar refractivity (Wildman–Crippen MR) is 76.5 cm³/mol. The molecule has 0 aliphatic carbocycles. The molecule has 0 bridgehead atoms. The quantitative estimate of drug-likeness (QED) is 0.734. The van der Waals surface area contributed by atoms with Gasteiger partial charge in [-0.2, -0.15) is 8.78 Å². The second-order valence-electron chi connectivity index (χ2n) is 4.26. The van der Waals surface area contributed by atoms with E-state index in [-0.39, 0.29) is 13.2 Å². The van der Waals surface area contributed by atoms with Crippen LogP contribution in [0.3, 0.4) is 0 Å². The molecule has 7 heteroatoms. The SMILES string of the molecule is CCOP(=O)(OCC)C(F)(F)c1ccc2ccccc2n1. The maximum atomic E-state index is 14.5. The van der Waals surface area contributed by atoms with Crippen LogP contribution in [0.1, 0.15) is 19.5 Å². The lowest BCUT2D eigenvalue weighted by Crippen LogP contribution is -2.19. The molecule has 1 heterocycles. The molecule has 114 valence electrons. The number of halogens is 2. The van der Waals surface area contributed by atoms with E-state index < -0.39 is 19.0 Å². The summed E-state index contributed by atoms with van der Waals surface area (Å²) in [5.74, 6) is 0. The second-order valence-corrected chi connectivity index (χ2v) is 6.34. The zero-order chi connectivity index (χ0) is 15.5. The Hall–Kier alpha value is -1.36. The van der Waals surface area contributed by atoms with Gasteiger partial charge in [0.05, 0.1) is 18.7 Å². The molecule has 0 amide bonds. The van der Waals surface area contributed by atoms with Gasteiger partial charge >= 0.3 is 13.3 Å². The summed E-state index contributed by atoms with van der Waals surface area (Å²) in [6.45, 7) is 2.69. The first-order chi connectivity index (χ1) is 9.94. The van der Waals surface area contributed by atoms with Gasteiger partial charge in [-0.05, 0) is 26.0 Å². The highest BCUT2D eigenvalue weighted by Gasteiger charge is 2.56. The number of pyridine rings is 1. The van der Waals surface area contributed by atoms with Crippen LogP contribution in [0.15, 0.2) is 36.4 Å². The van der Waals surface area contributed by atoms with Crippen molar-refractivity contribution < 1.29 is 22.4 Å². The molecule has 0 unspecified atom stereocenters. The van der Waals surface area contributed by atoms with Gasteiger partial charge in [0.1, 0.15) is 5.69 Å². The van der Waals surface area contributed by atoms with Crippen LogP contribution >= 0.6 is 7.60 Å². The summed E-state index contributed by atoms with van der Waals surface area (Å²) in [7, 11) is -4.62. The number of hydrogen-bond acceptors (Lipinski definition) is 4. The Labute approximate surface area is 121 Å². The van der Waals surface area contributed by atoms with E-state index in [1.165, 1.54) is 19.9 Å². The molecule has 0 atom stereocenters. The fourth-order valence-electron chi connectivity index (χ4n) is 1.91. The van der Waals surface area contributed by atoms with Crippen molar-refractivity contribution in [2.45, 2.75) is 19.5 Å². The summed E-state index contributed by atoms with van der Waals surface area (Å²) >= 11 is 0. The highest BCUT2D eigenvalue weighted by Crippen LogP contribution is 2.66. The van der Waals surface area contributed by atoms with Gasteiger partial charge in [0, 0.05) is 5.39 Å². The lowest BCUT2D eigenvalue weighted by molar-refractivity contribution is 0.0326. The number of fused-ring (bicyclic) bond motifs is 1. The zero-order valence-corrected chi connectivity index (χ0v) is 12.6. The van der Waals surface area contributed by atoms with Gasteiger partial charge in [-0.3, -0.25) is 4.57 Å². The van der Waals surface area contributed by atoms with E-state index in [1.54, 1.807) is 24.3 Å². The van der Waals surface area contributed by atoms with E-state index in [0.717, 1.165) is 11.5 Å². The average Bonchev–Trinajstić information content (AvgIpc) is 2.47. The average molecular weight is 315 g/mol. The summed E-state index contributed by atoms with van der Waals surface area (Å²) in [6.07, 6.45) is 0. The molecule has 0 saturated carbocycles. The van der Waals surface area contributed by atoms with E-state index in [0.29, 0.717) is 5.52 Å². The first kappa shape index (κ1) is 16.0. The maximum Gasteiger partial charge on any atom is 0.406 e. The predicted octanol–water partition coefficient (Wildman–Crippen LogP) is 4.55. The topological polar surface area (TPSA) is 48.4 Å². The van der Waals surface area contributed by atoms with Gasteiger partial charge in [-0.25, -0.2) is 4.98 Å². The summed E-state index contributed by atoms with van der Waals surface area (Å²) < 4.78 is 50.9. The molecule has 0 aliphatic rings. The van der Waals surface area contributed by atoms with Gasteiger partial charge in [0.2, 0.25) is 0 Å². The van der Waals surface area contributed by atoms with Gasteiger partial charge in [0.25, 0.3) is 0 Å². The molecule has 1 aromatic carbocycles. The van der Waals surface area contributed by atoms with E-state index in [4.69, 9.17) is 9.05 Å². The first-order valence-electron chi connectivity index (χ1n) is 6.58. The molecule has 0 spiro atoms. The van der Waals surface area contributed by atoms with E-state index in [2.05, 4.69) is 4.98 Å². The minimum Gasteiger partial charge on any atom is -0.304 e. The number of aromatic nitrogens is 1. The maximum absolute atomic E-state index is 14.5. The highest BCUT2D eigenvalue weighted by molar-refractivity contribution is 7.54. The monoisotopic (exact) mass is 315 g/mol. The number of rotatable bonds is 6. The van der Waals surface area contributed by atoms with Crippen LogP contribution in [0.5, 0.6) is 0 Å². The van der Waals surface area contributed by atoms with Crippen molar-refractivity contribution in [1.82, 2.24) is 4.98 Å². The molecule has 2 rings (SSSR count). The fraction of sp³-hybridized carbons (Fsp3) is 0.357. The molecule has 0 aliphatic heterocycles. The Morgan fingerprint density at radius 3 is 2.33 bits per heavy atom. The third-order valence-electron chi connectivity index (χ3n) is 2.85. The normalized spacial score (nSPS) is 12.8. The molecule has 0 saturated heterocycles.